The third kappa shape index (κ3) is 4.02. The Morgan fingerprint density at radius 1 is 1.05 bits per heavy atom. The monoisotopic (exact) mass is 270 g/mol. The van der Waals surface area contributed by atoms with Crippen LogP contribution in [0.2, 0.25) is 0 Å². The van der Waals surface area contributed by atoms with Gasteiger partial charge in [-0.15, -0.1) is 13.2 Å². The molecule has 0 bridgehead atoms. The molecule has 1 heterocycles. The molecular weight excluding hydrogens is 261 g/mol. The van der Waals surface area contributed by atoms with Gasteiger partial charge >= 0.3 is 6.36 Å². The van der Waals surface area contributed by atoms with Gasteiger partial charge in [0, 0.05) is 5.69 Å². The van der Waals surface area contributed by atoms with E-state index in [0.717, 1.165) is 0 Å². The number of ether oxygens (including phenoxy) is 1. The molecule has 0 aliphatic heterocycles. The first kappa shape index (κ1) is 12.9. The first-order chi connectivity index (χ1) is 8.92. The summed E-state index contributed by atoms with van der Waals surface area (Å²) in [4.78, 5) is 7.77. The Bertz CT molecular complexity index is 539. The van der Waals surface area contributed by atoms with Gasteiger partial charge in [0.2, 0.25) is 0 Å². The number of halogens is 3. The lowest BCUT2D eigenvalue weighted by atomic mass is 10.3. The molecule has 8 heteroatoms. The molecule has 1 aromatic carbocycles. The van der Waals surface area contributed by atoms with Crippen molar-refractivity contribution in [2.24, 2.45) is 0 Å². The fraction of sp³-hybridized carbons (Fsp3) is 0.0909. The first-order valence-corrected chi connectivity index (χ1v) is 5.13. The van der Waals surface area contributed by atoms with Crippen molar-refractivity contribution in [3.63, 3.8) is 0 Å². The molecule has 0 radical (unpaired) electrons. The molecule has 2 aromatic rings. The highest BCUT2D eigenvalue weighted by Crippen LogP contribution is 2.24. The lowest BCUT2D eigenvalue weighted by Crippen LogP contribution is -2.16. The lowest BCUT2D eigenvalue weighted by Gasteiger charge is -2.10. The van der Waals surface area contributed by atoms with Crippen LogP contribution in [0.5, 0.6) is 5.75 Å². The summed E-state index contributed by atoms with van der Waals surface area (Å²) in [6, 6.07) is 5.25. The number of nitrogens with one attached hydrogen (secondary N) is 1. The second-order valence-corrected chi connectivity index (χ2v) is 3.52. The van der Waals surface area contributed by atoms with Crippen molar-refractivity contribution in [3.05, 3.63) is 36.7 Å². The molecule has 1 aromatic heterocycles. The zero-order valence-corrected chi connectivity index (χ0v) is 9.48. The van der Waals surface area contributed by atoms with Gasteiger partial charge < -0.3 is 15.8 Å². The van der Waals surface area contributed by atoms with Crippen LogP contribution in [0.4, 0.5) is 30.5 Å². The number of nitrogens with two attached hydrogens (primary N) is 1. The van der Waals surface area contributed by atoms with Gasteiger partial charge in [0.15, 0.2) is 0 Å². The SMILES string of the molecule is Nc1cnc(Nc2ccc(OC(F)(F)F)cc2)cn1. The van der Waals surface area contributed by atoms with Crippen LogP contribution in [0.15, 0.2) is 36.7 Å². The van der Waals surface area contributed by atoms with E-state index in [1.54, 1.807) is 0 Å². The van der Waals surface area contributed by atoms with Gasteiger partial charge in [-0.05, 0) is 24.3 Å². The van der Waals surface area contributed by atoms with Crippen LogP contribution < -0.4 is 15.8 Å². The molecule has 0 spiro atoms. The number of alkyl halides is 3. The van der Waals surface area contributed by atoms with E-state index in [1.807, 2.05) is 0 Å². The zero-order chi connectivity index (χ0) is 13.9. The fourth-order valence-electron chi connectivity index (χ4n) is 1.29. The molecule has 5 nitrogen and oxygen atoms in total. The fourth-order valence-corrected chi connectivity index (χ4v) is 1.29. The van der Waals surface area contributed by atoms with E-state index < -0.39 is 6.36 Å². The summed E-state index contributed by atoms with van der Waals surface area (Å²) in [5, 5.41) is 2.86. The topological polar surface area (TPSA) is 73.1 Å². The normalized spacial score (nSPS) is 11.1. The average Bonchev–Trinajstić information content (AvgIpc) is 2.33. The number of nitrogen functional groups attached to an aromatic ring is 1. The van der Waals surface area contributed by atoms with Crippen LogP contribution in [0.3, 0.4) is 0 Å². The summed E-state index contributed by atoms with van der Waals surface area (Å²) in [6.45, 7) is 0. The molecule has 19 heavy (non-hydrogen) atoms. The number of anilines is 3. The van der Waals surface area contributed by atoms with E-state index in [9.17, 15) is 13.2 Å². The number of aromatic nitrogens is 2. The molecule has 0 amide bonds. The molecule has 0 fully saturated rings. The quantitative estimate of drug-likeness (QED) is 0.897. The number of nitrogens with zero attached hydrogens (tertiary/aromatic N) is 2. The predicted octanol–water partition coefficient (Wildman–Crippen LogP) is 2.70. The van der Waals surface area contributed by atoms with E-state index in [4.69, 9.17) is 5.73 Å². The van der Waals surface area contributed by atoms with Crippen molar-refractivity contribution in [2.75, 3.05) is 11.1 Å². The van der Waals surface area contributed by atoms with E-state index in [-0.39, 0.29) is 11.6 Å². The van der Waals surface area contributed by atoms with Crippen molar-refractivity contribution < 1.29 is 17.9 Å². The number of rotatable bonds is 3. The smallest absolute Gasteiger partial charge is 0.406 e. The Morgan fingerprint density at radius 3 is 2.26 bits per heavy atom. The van der Waals surface area contributed by atoms with Gasteiger partial charge in [-0.25, -0.2) is 9.97 Å². The maximum absolute atomic E-state index is 12.0. The van der Waals surface area contributed by atoms with Crippen LogP contribution in [-0.4, -0.2) is 16.3 Å². The van der Waals surface area contributed by atoms with Crippen molar-refractivity contribution >= 4 is 17.3 Å². The van der Waals surface area contributed by atoms with Crippen molar-refractivity contribution in [1.29, 1.82) is 0 Å². The molecule has 0 atom stereocenters. The number of benzene rings is 1. The summed E-state index contributed by atoms with van der Waals surface area (Å²) in [7, 11) is 0. The van der Waals surface area contributed by atoms with Gasteiger partial charge in [0.05, 0.1) is 12.4 Å². The summed E-state index contributed by atoms with van der Waals surface area (Å²) in [6.07, 6.45) is -1.92. The highest BCUT2D eigenvalue weighted by atomic mass is 19.4. The van der Waals surface area contributed by atoms with Crippen molar-refractivity contribution in [3.8, 4) is 5.75 Å². The Morgan fingerprint density at radius 2 is 1.74 bits per heavy atom. The minimum atomic E-state index is -4.70. The Labute approximate surface area is 106 Å². The van der Waals surface area contributed by atoms with E-state index in [2.05, 4.69) is 20.0 Å². The third-order valence-corrected chi connectivity index (χ3v) is 2.03. The molecule has 2 rings (SSSR count). The van der Waals surface area contributed by atoms with E-state index >= 15 is 0 Å². The van der Waals surface area contributed by atoms with Crippen molar-refractivity contribution in [2.45, 2.75) is 6.36 Å². The van der Waals surface area contributed by atoms with E-state index in [0.29, 0.717) is 11.5 Å². The summed E-state index contributed by atoms with van der Waals surface area (Å²) in [5.41, 5.74) is 5.92. The summed E-state index contributed by atoms with van der Waals surface area (Å²) >= 11 is 0. The van der Waals surface area contributed by atoms with E-state index in [1.165, 1.54) is 36.7 Å². The van der Waals surface area contributed by atoms with Crippen LogP contribution in [-0.2, 0) is 0 Å². The van der Waals surface area contributed by atoms with Crippen molar-refractivity contribution in [1.82, 2.24) is 9.97 Å². The Balaban J connectivity index is 2.04. The Hall–Kier alpha value is -2.51. The minimum absolute atomic E-state index is 0.277. The molecule has 0 aliphatic rings. The standard InChI is InChI=1S/C11H9F3N4O/c12-11(13,14)19-8-3-1-7(2-4-8)18-10-6-16-9(15)5-17-10/h1-6H,(H2,15,16)(H,17,18). The van der Waals surface area contributed by atoms with Gasteiger partial charge in [-0.1, -0.05) is 0 Å². The highest BCUT2D eigenvalue weighted by Gasteiger charge is 2.30. The lowest BCUT2D eigenvalue weighted by molar-refractivity contribution is -0.274. The van der Waals surface area contributed by atoms with Gasteiger partial charge in [-0.2, -0.15) is 0 Å². The maximum Gasteiger partial charge on any atom is 0.573 e. The average molecular weight is 270 g/mol. The molecule has 0 saturated heterocycles. The minimum Gasteiger partial charge on any atom is -0.406 e. The third-order valence-electron chi connectivity index (χ3n) is 2.03. The van der Waals surface area contributed by atoms with Crippen LogP contribution in [0.25, 0.3) is 0 Å². The molecule has 0 aliphatic carbocycles. The number of hydrogen-bond donors (Lipinski definition) is 2. The van der Waals surface area contributed by atoms with Gasteiger partial charge in [0.25, 0.3) is 0 Å². The summed E-state index contributed by atoms with van der Waals surface area (Å²) in [5.74, 6) is 0.416. The molecule has 100 valence electrons. The predicted molar refractivity (Wildman–Crippen MR) is 62.9 cm³/mol. The van der Waals surface area contributed by atoms with Gasteiger partial charge in [-0.3, -0.25) is 0 Å². The van der Waals surface area contributed by atoms with Crippen LogP contribution >= 0.6 is 0 Å². The number of hydrogen-bond acceptors (Lipinski definition) is 5. The van der Waals surface area contributed by atoms with Gasteiger partial charge in [0.1, 0.15) is 17.4 Å². The molecular formula is C11H9F3N4O. The second-order valence-electron chi connectivity index (χ2n) is 3.52. The molecule has 0 saturated carbocycles. The van der Waals surface area contributed by atoms with Crippen LogP contribution in [0.1, 0.15) is 0 Å². The Kier molecular flexibility index (Phi) is 3.41. The molecule has 0 unspecified atom stereocenters. The zero-order valence-electron chi connectivity index (χ0n) is 9.48. The largest absolute Gasteiger partial charge is 0.573 e. The maximum atomic E-state index is 12.0. The molecule has 3 N–H and O–H groups in total. The van der Waals surface area contributed by atoms with Crippen LogP contribution in [0, 0.1) is 0 Å². The first-order valence-electron chi connectivity index (χ1n) is 5.13. The summed E-state index contributed by atoms with van der Waals surface area (Å²) < 4.78 is 39.6. The highest BCUT2D eigenvalue weighted by molar-refractivity contribution is 5.56. The second kappa shape index (κ2) is 5.01.